The van der Waals surface area contributed by atoms with Gasteiger partial charge in [0, 0.05) is 6.20 Å². The summed E-state index contributed by atoms with van der Waals surface area (Å²) in [5, 5.41) is 8.36. The number of hydrogen-bond donors (Lipinski definition) is 1. The van der Waals surface area contributed by atoms with Crippen LogP contribution in [0.3, 0.4) is 0 Å². The van der Waals surface area contributed by atoms with Gasteiger partial charge in [-0.1, -0.05) is 59.8 Å². The first kappa shape index (κ1) is 29.1. The fraction of sp³-hybridized carbons (Fsp3) is 0.156. The van der Waals surface area contributed by atoms with E-state index in [1.54, 1.807) is 91.0 Å². The lowest BCUT2D eigenvalue weighted by Crippen LogP contribution is -2.41. The zero-order valence-corrected chi connectivity index (χ0v) is 23.6. The van der Waals surface area contributed by atoms with Crippen molar-refractivity contribution in [2.75, 3.05) is 12.3 Å². The molecular weight excluding hydrogens is 580 g/mol. The number of nitrogens with zero attached hydrogens (tertiary/aromatic N) is 5. The van der Waals surface area contributed by atoms with Crippen molar-refractivity contribution in [1.82, 2.24) is 25.0 Å². The van der Waals surface area contributed by atoms with Crippen LogP contribution in [0.25, 0.3) is 11.3 Å². The number of nitrogen functional groups attached to an aromatic ring is 1. The lowest BCUT2D eigenvalue weighted by molar-refractivity contribution is -0.0678. The predicted octanol–water partition coefficient (Wildman–Crippen LogP) is 3.52. The number of carbonyl (C=O) groups excluding carboxylic acids is 3. The van der Waals surface area contributed by atoms with E-state index >= 15 is 0 Å². The molecule has 0 saturated carbocycles. The van der Waals surface area contributed by atoms with Gasteiger partial charge in [-0.2, -0.15) is 0 Å². The predicted molar refractivity (Wildman–Crippen MR) is 157 cm³/mol. The lowest BCUT2D eigenvalue weighted by Gasteiger charge is -2.24. The molecular formula is C32H26N6O7. The summed E-state index contributed by atoms with van der Waals surface area (Å²) in [7, 11) is 0. The summed E-state index contributed by atoms with van der Waals surface area (Å²) in [4.78, 5) is 47.4. The van der Waals surface area contributed by atoms with Crippen LogP contribution in [0.4, 0.5) is 5.82 Å². The van der Waals surface area contributed by atoms with Gasteiger partial charge in [-0.3, -0.25) is 0 Å². The molecule has 6 rings (SSSR count). The van der Waals surface area contributed by atoms with Crippen LogP contribution in [-0.4, -0.2) is 67.8 Å². The molecule has 4 atom stereocenters. The largest absolute Gasteiger partial charge is 0.459 e. The van der Waals surface area contributed by atoms with Crippen LogP contribution in [0, 0.1) is 0 Å². The smallest absolute Gasteiger partial charge is 0.338 e. The van der Waals surface area contributed by atoms with Gasteiger partial charge in [0.15, 0.2) is 18.4 Å². The standard InChI is InChI=1S/C32H26N6O7/c33-28-23(16-34-19-35-28)24-17-38(37-36-24)29-27(45-32(41)22-14-8-3-9-15-22)26(44-31(40)21-12-6-2-7-13-21)25(43-29)18-42-30(39)20-10-4-1-5-11-20/h1-17,19,25-27,29H,18H2,(H2,33,34,35)/t25-,26-,27-,29-/m1/s1. The number of hydrogen-bond acceptors (Lipinski definition) is 12. The molecule has 3 aromatic carbocycles. The molecule has 5 aromatic rings. The zero-order valence-electron chi connectivity index (χ0n) is 23.6. The number of rotatable bonds is 9. The molecule has 2 N–H and O–H groups in total. The molecule has 226 valence electrons. The summed E-state index contributed by atoms with van der Waals surface area (Å²) >= 11 is 0. The van der Waals surface area contributed by atoms with Gasteiger partial charge in [0.25, 0.3) is 0 Å². The zero-order chi connectivity index (χ0) is 31.2. The van der Waals surface area contributed by atoms with E-state index in [1.807, 2.05) is 0 Å². The number of nitrogens with two attached hydrogens (primary N) is 1. The van der Waals surface area contributed by atoms with E-state index in [2.05, 4.69) is 20.3 Å². The van der Waals surface area contributed by atoms with Crippen molar-refractivity contribution in [2.45, 2.75) is 24.5 Å². The summed E-state index contributed by atoms with van der Waals surface area (Å²) in [6.07, 6.45) is -0.399. The van der Waals surface area contributed by atoms with Crippen LogP contribution >= 0.6 is 0 Å². The molecule has 0 radical (unpaired) electrons. The maximum Gasteiger partial charge on any atom is 0.338 e. The Morgan fingerprint density at radius 1 is 0.778 bits per heavy atom. The third kappa shape index (κ3) is 6.53. The summed E-state index contributed by atoms with van der Waals surface area (Å²) in [6, 6.07) is 25.0. The van der Waals surface area contributed by atoms with Crippen LogP contribution in [0.15, 0.2) is 110 Å². The average molecular weight is 607 g/mol. The quantitative estimate of drug-likeness (QED) is 0.192. The lowest BCUT2D eigenvalue weighted by atomic mass is 10.1. The summed E-state index contributed by atoms with van der Waals surface area (Å²) in [5.41, 5.74) is 7.59. The van der Waals surface area contributed by atoms with Crippen LogP contribution < -0.4 is 5.73 Å². The molecule has 0 spiro atoms. The number of anilines is 1. The van der Waals surface area contributed by atoms with Gasteiger partial charge in [0.1, 0.15) is 30.5 Å². The molecule has 0 unspecified atom stereocenters. The molecule has 2 aromatic heterocycles. The van der Waals surface area contributed by atoms with Crippen molar-refractivity contribution >= 4 is 23.7 Å². The first-order valence-corrected chi connectivity index (χ1v) is 13.9. The highest BCUT2D eigenvalue weighted by atomic mass is 16.7. The Balaban J connectivity index is 1.34. The first-order valence-electron chi connectivity index (χ1n) is 13.9. The summed E-state index contributed by atoms with van der Waals surface area (Å²) in [6.45, 7) is -0.336. The van der Waals surface area contributed by atoms with E-state index in [1.165, 1.54) is 23.4 Å². The number of carbonyl (C=O) groups is 3. The molecule has 0 bridgehead atoms. The van der Waals surface area contributed by atoms with E-state index in [-0.39, 0.29) is 23.6 Å². The topological polar surface area (TPSA) is 171 Å². The van der Waals surface area contributed by atoms with Crippen molar-refractivity contribution in [3.8, 4) is 11.3 Å². The fourth-order valence-electron chi connectivity index (χ4n) is 4.73. The van der Waals surface area contributed by atoms with Gasteiger partial charge in [-0.25, -0.2) is 29.0 Å². The molecule has 3 heterocycles. The van der Waals surface area contributed by atoms with E-state index < -0.39 is 42.4 Å². The Kier molecular flexibility index (Phi) is 8.51. The maximum atomic E-state index is 13.3. The van der Waals surface area contributed by atoms with Crippen LogP contribution in [0.5, 0.6) is 0 Å². The van der Waals surface area contributed by atoms with Gasteiger partial charge in [-0.05, 0) is 36.4 Å². The summed E-state index contributed by atoms with van der Waals surface area (Å²) in [5.74, 6) is -1.83. The third-order valence-electron chi connectivity index (χ3n) is 6.97. The van der Waals surface area contributed by atoms with Gasteiger partial charge in [-0.15, -0.1) is 5.10 Å². The minimum atomic E-state index is -1.25. The molecule has 0 aliphatic carbocycles. The highest BCUT2D eigenvalue weighted by Crippen LogP contribution is 2.36. The monoisotopic (exact) mass is 606 g/mol. The van der Waals surface area contributed by atoms with Gasteiger partial charge >= 0.3 is 17.9 Å². The molecule has 1 aliphatic rings. The molecule has 45 heavy (non-hydrogen) atoms. The van der Waals surface area contributed by atoms with Crippen molar-refractivity contribution in [2.24, 2.45) is 0 Å². The molecule has 13 nitrogen and oxygen atoms in total. The Morgan fingerprint density at radius 3 is 1.91 bits per heavy atom. The SMILES string of the molecule is Nc1ncncc1-c1cn([C@@H]2O[C@H](COC(=O)c3ccccc3)[C@@H](OC(=O)c3ccccc3)[C@H]2OC(=O)c2ccccc2)nn1. The maximum absolute atomic E-state index is 13.3. The second-order valence-electron chi connectivity index (χ2n) is 9.91. The van der Waals surface area contributed by atoms with Gasteiger partial charge < -0.3 is 24.7 Å². The highest BCUT2D eigenvalue weighted by molar-refractivity contribution is 5.91. The van der Waals surface area contributed by atoms with Gasteiger partial charge in [0.05, 0.1) is 28.5 Å². The Hall–Kier alpha value is -5.95. The Labute approximate surface area is 256 Å². The second kappa shape index (κ2) is 13.1. The van der Waals surface area contributed by atoms with Crippen molar-refractivity contribution < 1.29 is 33.3 Å². The number of aromatic nitrogens is 5. The number of benzene rings is 3. The minimum Gasteiger partial charge on any atom is -0.459 e. The molecule has 1 fully saturated rings. The van der Waals surface area contributed by atoms with E-state index in [0.717, 1.165) is 0 Å². The summed E-state index contributed by atoms with van der Waals surface area (Å²) < 4.78 is 25.0. The second-order valence-corrected chi connectivity index (χ2v) is 9.91. The highest BCUT2D eigenvalue weighted by Gasteiger charge is 2.52. The van der Waals surface area contributed by atoms with Crippen LogP contribution in [-0.2, 0) is 18.9 Å². The minimum absolute atomic E-state index is 0.178. The molecule has 0 amide bonds. The van der Waals surface area contributed by atoms with Crippen molar-refractivity contribution in [3.05, 3.63) is 126 Å². The molecule has 1 saturated heterocycles. The van der Waals surface area contributed by atoms with Crippen molar-refractivity contribution in [1.29, 1.82) is 0 Å². The first-order chi connectivity index (χ1) is 22.0. The molecule has 13 heteroatoms. The van der Waals surface area contributed by atoms with Crippen LogP contribution in [0.2, 0.25) is 0 Å². The van der Waals surface area contributed by atoms with E-state index in [9.17, 15) is 14.4 Å². The van der Waals surface area contributed by atoms with Crippen LogP contribution in [0.1, 0.15) is 37.3 Å². The van der Waals surface area contributed by atoms with E-state index in [0.29, 0.717) is 16.8 Å². The fourth-order valence-corrected chi connectivity index (χ4v) is 4.73. The van der Waals surface area contributed by atoms with Crippen molar-refractivity contribution in [3.63, 3.8) is 0 Å². The Bertz CT molecular complexity index is 1790. The van der Waals surface area contributed by atoms with E-state index in [4.69, 9.17) is 24.7 Å². The Morgan fingerprint density at radius 2 is 1.33 bits per heavy atom. The normalized spacial score (nSPS) is 19.0. The molecule has 1 aliphatic heterocycles. The average Bonchev–Trinajstić information content (AvgIpc) is 3.70. The third-order valence-corrected chi connectivity index (χ3v) is 6.97. The van der Waals surface area contributed by atoms with Gasteiger partial charge in [0.2, 0.25) is 0 Å². The number of esters is 3. The number of ether oxygens (including phenoxy) is 4.